The average molecular weight is 250 g/mol. The van der Waals surface area contributed by atoms with E-state index in [4.69, 9.17) is 0 Å². The summed E-state index contributed by atoms with van der Waals surface area (Å²) in [6, 6.07) is 2.40. The van der Waals surface area contributed by atoms with Crippen LogP contribution in [0.2, 0.25) is 0 Å². The summed E-state index contributed by atoms with van der Waals surface area (Å²) in [4.78, 5) is 8.90. The number of rotatable bonds is 7. The van der Waals surface area contributed by atoms with Gasteiger partial charge in [-0.15, -0.1) is 0 Å². The minimum Gasteiger partial charge on any atom is -0.373 e. The lowest BCUT2D eigenvalue weighted by Gasteiger charge is -2.18. The summed E-state index contributed by atoms with van der Waals surface area (Å²) in [7, 11) is 1.88. The molecule has 4 heteroatoms. The first kappa shape index (κ1) is 14.7. The predicted octanol–water partition coefficient (Wildman–Crippen LogP) is 3.32. The second-order valence-electron chi connectivity index (χ2n) is 4.95. The molecule has 0 bridgehead atoms. The van der Waals surface area contributed by atoms with E-state index < -0.39 is 0 Å². The Kier molecular flexibility index (Phi) is 5.89. The van der Waals surface area contributed by atoms with E-state index in [1.807, 2.05) is 13.1 Å². The molecule has 0 saturated carbocycles. The van der Waals surface area contributed by atoms with Crippen LogP contribution in [0, 0.1) is 5.92 Å². The van der Waals surface area contributed by atoms with Crippen molar-refractivity contribution in [3.63, 3.8) is 0 Å². The highest BCUT2D eigenvalue weighted by molar-refractivity contribution is 5.47. The van der Waals surface area contributed by atoms with Gasteiger partial charge in [0.25, 0.3) is 0 Å². The number of aromatic nitrogens is 2. The Morgan fingerprint density at radius 1 is 1.17 bits per heavy atom. The van der Waals surface area contributed by atoms with Gasteiger partial charge in [0.05, 0.1) is 0 Å². The second-order valence-corrected chi connectivity index (χ2v) is 4.95. The van der Waals surface area contributed by atoms with Gasteiger partial charge in [0, 0.05) is 25.6 Å². The zero-order valence-corrected chi connectivity index (χ0v) is 12.2. The third-order valence-electron chi connectivity index (χ3n) is 3.19. The molecule has 1 heterocycles. The van der Waals surface area contributed by atoms with Gasteiger partial charge in [-0.05, 0) is 19.3 Å². The lowest BCUT2D eigenvalue weighted by Crippen LogP contribution is -2.19. The van der Waals surface area contributed by atoms with Crippen LogP contribution in [-0.2, 0) is 6.42 Å². The molecule has 0 aliphatic heterocycles. The standard InChI is InChI=1S/C14H26N4/c1-6-10(3)8-11(4)16-14-9-13(15-5)17-12(7-2)18-14/h9-11H,6-8H2,1-5H3,(H2,15,16,17,18). The van der Waals surface area contributed by atoms with Crippen molar-refractivity contribution in [2.45, 2.75) is 53.0 Å². The molecular formula is C14H26N4. The van der Waals surface area contributed by atoms with E-state index in [0.717, 1.165) is 36.2 Å². The molecule has 2 N–H and O–H groups in total. The lowest BCUT2D eigenvalue weighted by atomic mass is 10.0. The topological polar surface area (TPSA) is 49.8 Å². The second kappa shape index (κ2) is 7.19. The van der Waals surface area contributed by atoms with Crippen molar-refractivity contribution in [3.8, 4) is 0 Å². The molecule has 0 spiro atoms. The van der Waals surface area contributed by atoms with E-state index in [1.165, 1.54) is 6.42 Å². The Balaban J connectivity index is 2.70. The van der Waals surface area contributed by atoms with Crippen LogP contribution in [0.5, 0.6) is 0 Å². The normalized spacial score (nSPS) is 14.1. The number of hydrogen-bond donors (Lipinski definition) is 2. The van der Waals surface area contributed by atoms with Gasteiger partial charge in [-0.2, -0.15) is 0 Å². The fraction of sp³-hybridized carbons (Fsp3) is 0.714. The van der Waals surface area contributed by atoms with Crippen LogP contribution >= 0.6 is 0 Å². The first-order chi connectivity index (χ1) is 8.58. The summed E-state index contributed by atoms with van der Waals surface area (Å²) in [5.41, 5.74) is 0. The van der Waals surface area contributed by atoms with Crippen LogP contribution in [0.4, 0.5) is 11.6 Å². The zero-order valence-electron chi connectivity index (χ0n) is 12.2. The molecule has 0 radical (unpaired) electrons. The molecule has 0 fully saturated rings. The summed E-state index contributed by atoms with van der Waals surface area (Å²) >= 11 is 0. The predicted molar refractivity (Wildman–Crippen MR) is 78.1 cm³/mol. The van der Waals surface area contributed by atoms with Crippen LogP contribution in [0.25, 0.3) is 0 Å². The molecule has 0 aliphatic rings. The Morgan fingerprint density at radius 2 is 1.83 bits per heavy atom. The van der Waals surface area contributed by atoms with E-state index in [2.05, 4.69) is 48.3 Å². The van der Waals surface area contributed by atoms with Crippen molar-refractivity contribution in [3.05, 3.63) is 11.9 Å². The molecule has 0 saturated heterocycles. The van der Waals surface area contributed by atoms with Crippen molar-refractivity contribution in [1.82, 2.24) is 9.97 Å². The minimum absolute atomic E-state index is 0.435. The van der Waals surface area contributed by atoms with Gasteiger partial charge >= 0.3 is 0 Å². The maximum Gasteiger partial charge on any atom is 0.132 e. The van der Waals surface area contributed by atoms with Crippen molar-refractivity contribution >= 4 is 11.6 Å². The molecule has 0 aliphatic carbocycles. The molecule has 4 nitrogen and oxygen atoms in total. The third-order valence-corrected chi connectivity index (χ3v) is 3.19. The fourth-order valence-electron chi connectivity index (χ4n) is 1.94. The Labute approximate surface area is 111 Å². The van der Waals surface area contributed by atoms with Gasteiger partial charge in [0.1, 0.15) is 17.5 Å². The fourth-order valence-corrected chi connectivity index (χ4v) is 1.94. The van der Waals surface area contributed by atoms with Crippen LogP contribution in [0.1, 0.15) is 46.4 Å². The van der Waals surface area contributed by atoms with Gasteiger partial charge in [0.2, 0.25) is 0 Å². The molecule has 1 rings (SSSR count). The van der Waals surface area contributed by atoms with Gasteiger partial charge in [-0.25, -0.2) is 9.97 Å². The first-order valence-corrected chi connectivity index (χ1v) is 6.91. The molecule has 1 aromatic rings. The maximum atomic E-state index is 4.51. The summed E-state index contributed by atoms with van der Waals surface area (Å²) in [5, 5.41) is 6.54. The van der Waals surface area contributed by atoms with Crippen LogP contribution in [0.3, 0.4) is 0 Å². The molecule has 0 aromatic carbocycles. The van der Waals surface area contributed by atoms with E-state index in [1.54, 1.807) is 0 Å². The summed E-state index contributed by atoms with van der Waals surface area (Å²) in [6.45, 7) is 8.80. The van der Waals surface area contributed by atoms with Crippen LogP contribution in [-0.4, -0.2) is 23.1 Å². The number of hydrogen-bond acceptors (Lipinski definition) is 4. The van der Waals surface area contributed by atoms with E-state index in [0.29, 0.717) is 6.04 Å². The van der Waals surface area contributed by atoms with E-state index in [9.17, 15) is 0 Å². The quantitative estimate of drug-likeness (QED) is 0.779. The van der Waals surface area contributed by atoms with Crippen LogP contribution in [0.15, 0.2) is 6.07 Å². The molecule has 1 aromatic heterocycles. The van der Waals surface area contributed by atoms with Crippen molar-refractivity contribution in [1.29, 1.82) is 0 Å². The molecule has 2 unspecified atom stereocenters. The Hall–Kier alpha value is -1.32. The molecule has 2 atom stereocenters. The molecule has 18 heavy (non-hydrogen) atoms. The number of nitrogens with one attached hydrogen (secondary N) is 2. The Morgan fingerprint density at radius 3 is 2.39 bits per heavy atom. The minimum atomic E-state index is 0.435. The SMILES string of the molecule is CCc1nc(NC)cc(NC(C)CC(C)CC)n1. The third kappa shape index (κ3) is 4.51. The van der Waals surface area contributed by atoms with Gasteiger partial charge < -0.3 is 10.6 Å². The number of anilines is 2. The van der Waals surface area contributed by atoms with Crippen LogP contribution < -0.4 is 10.6 Å². The van der Waals surface area contributed by atoms with Crippen molar-refractivity contribution < 1.29 is 0 Å². The van der Waals surface area contributed by atoms with E-state index in [-0.39, 0.29) is 0 Å². The first-order valence-electron chi connectivity index (χ1n) is 6.91. The monoisotopic (exact) mass is 250 g/mol. The Bertz CT molecular complexity index is 343. The van der Waals surface area contributed by atoms with Crippen molar-refractivity contribution in [2.75, 3.05) is 17.7 Å². The molecule has 0 amide bonds. The maximum absolute atomic E-state index is 4.51. The largest absolute Gasteiger partial charge is 0.373 e. The summed E-state index contributed by atoms with van der Waals surface area (Å²) in [5.74, 6) is 3.41. The summed E-state index contributed by atoms with van der Waals surface area (Å²) < 4.78 is 0. The van der Waals surface area contributed by atoms with Gasteiger partial charge in [-0.1, -0.05) is 27.2 Å². The molecular weight excluding hydrogens is 224 g/mol. The summed E-state index contributed by atoms with van der Waals surface area (Å²) in [6.07, 6.45) is 3.23. The lowest BCUT2D eigenvalue weighted by molar-refractivity contribution is 0.483. The van der Waals surface area contributed by atoms with E-state index >= 15 is 0 Å². The van der Waals surface area contributed by atoms with Crippen molar-refractivity contribution in [2.24, 2.45) is 5.92 Å². The number of nitrogens with zero attached hydrogens (tertiary/aromatic N) is 2. The van der Waals surface area contributed by atoms with Gasteiger partial charge in [-0.3, -0.25) is 0 Å². The highest BCUT2D eigenvalue weighted by atomic mass is 15.1. The smallest absolute Gasteiger partial charge is 0.132 e. The molecule has 102 valence electrons. The zero-order chi connectivity index (χ0) is 13.5. The van der Waals surface area contributed by atoms with Gasteiger partial charge in [0.15, 0.2) is 0 Å². The average Bonchev–Trinajstić information content (AvgIpc) is 2.37. The highest BCUT2D eigenvalue weighted by Crippen LogP contribution is 2.16. The highest BCUT2D eigenvalue weighted by Gasteiger charge is 2.09. The number of aryl methyl sites for hydroxylation is 1.